The van der Waals surface area contributed by atoms with Crippen molar-refractivity contribution in [2.75, 3.05) is 18.9 Å². The molecule has 3 rings (SSSR count). The number of likely N-dealkylation sites (N-methyl/N-ethyl adjacent to an activating group) is 1. The van der Waals surface area contributed by atoms with Crippen LogP contribution in [0.15, 0.2) is 46.9 Å². The van der Waals surface area contributed by atoms with Gasteiger partial charge in [-0.05, 0) is 42.2 Å². The Morgan fingerprint density at radius 2 is 1.77 bits per heavy atom. The number of hydrogen-bond acceptors (Lipinski definition) is 2. The monoisotopic (exact) mass is 454 g/mol. The summed E-state index contributed by atoms with van der Waals surface area (Å²) in [5.41, 5.74) is 1.51. The Labute approximate surface area is 170 Å². The maximum absolute atomic E-state index is 12.6. The fourth-order valence-electron chi connectivity index (χ4n) is 2.92. The Balaban J connectivity index is 1.56. The maximum Gasteiger partial charge on any atom is 0.244 e. The summed E-state index contributed by atoms with van der Waals surface area (Å²) in [6, 6.07) is 13.0. The largest absolute Gasteiger partial charge is 0.336 e. The molecule has 2 aromatic carbocycles. The first-order valence-corrected chi connectivity index (χ1v) is 9.66. The molecule has 0 saturated heterocycles. The van der Waals surface area contributed by atoms with Gasteiger partial charge >= 0.3 is 0 Å². The van der Waals surface area contributed by atoms with E-state index in [1.165, 1.54) is 4.90 Å². The minimum atomic E-state index is -0.336. The van der Waals surface area contributed by atoms with Gasteiger partial charge in [0.1, 0.15) is 0 Å². The summed E-state index contributed by atoms with van der Waals surface area (Å²) in [5, 5.41) is 3.39. The summed E-state index contributed by atoms with van der Waals surface area (Å²) < 4.78 is 1.01. The first-order valence-electron chi connectivity index (χ1n) is 8.11. The van der Waals surface area contributed by atoms with E-state index < -0.39 is 0 Å². The van der Waals surface area contributed by atoms with Crippen LogP contribution in [-0.2, 0) is 9.59 Å². The second-order valence-corrected chi connectivity index (χ2v) is 8.07. The smallest absolute Gasteiger partial charge is 0.244 e. The molecule has 0 bridgehead atoms. The molecule has 0 radical (unpaired) electrons. The van der Waals surface area contributed by atoms with E-state index in [9.17, 15) is 9.59 Å². The summed E-state index contributed by atoms with van der Waals surface area (Å²) in [6.45, 7) is -0.0516. The van der Waals surface area contributed by atoms with E-state index in [4.69, 9.17) is 23.2 Å². The number of para-hydroxylation sites is 1. The topological polar surface area (TPSA) is 49.4 Å². The lowest BCUT2D eigenvalue weighted by Gasteiger charge is -2.17. The molecule has 1 aliphatic rings. The maximum atomic E-state index is 12.6. The van der Waals surface area contributed by atoms with Crippen molar-refractivity contribution in [2.24, 2.45) is 5.92 Å². The average molecular weight is 456 g/mol. The van der Waals surface area contributed by atoms with Crippen LogP contribution in [0, 0.1) is 5.92 Å². The number of halogens is 3. The molecule has 2 amide bonds. The quantitative estimate of drug-likeness (QED) is 0.692. The predicted octanol–water partition coefficient (Wildman–Crippen LogP) is 4.96. The standard InChI is InChI=1S/C19H17BrCl2N2O2/c1-24(10-17(25)23-18-15(21)3-2-4-16(18)22)19(26)14-9-13(14)11-5-7-12(20)8-6-11/h2-8,13-14H,9-10H2,1H3,(H,23,25). The number of anilines is 1. The van der Waals surface area contributed by atoms with Gasteiger partial charge in [0, 0.05) is 17.4 Å². The summed E-state index contributed by atoms with van der Waals surface area (Å²) in [5.74, 6) is -0.216. The van der Waals surface area contributed by atoms with Crippen molar-refractivity contribution in [2.45, 2.75) is 12.3 Å². The highest BCUT2D eigenvalue weighted by atomic mass is 79.9. The van der Waals surface area contributed by atoms with Crippen LogP contribution in [0.5, 0.6) is 0 Å². The van der Waals surface area contributed by atoms with E-state index in [1.807, 2.05) is 24.3 Å². The Kier molecular flexibility index (Phi) is 5.90. The minimum Gasteiger partial charge on any atom is -0.336 e. The van der Waals surface area contributed by atoms with Crippen LogP contribution in [-0.4, -0.2) is 30.3 Å². The van der Waals surface area contributed by atoms with E-state index in [0.717, 1.165) is 16.5 Å². The van der Waals surface area contributed by atoms with Crippen LogP contribution in [0.3, 0.4) is 0 Å². The molecule has 1 N–H and O–H groups in total. The van der Waals surface area contributed by atoms with E-state index in [2.05, 4.69) is 21.2 Å². The third kappa shape index (κ3) is 4.40. The molecular formula is C19H17BrCl2N2O2. The Morgan fingerprint density at radius 3 is 2.38 bits per heavy atom. The zero-order valence-corrected chi connectivity index (χ0v) is 17.1. The number of benzene rings is 2. The van der Waals surface area contributed by atoms with Crippen molar-refractivity contribution in [3.63, 3.8) is 0 Å². The fraction of sp³-hybridized carbons (Fsp3) is 0.263. The molecule has 1 aliphatic carbocycles. The predicted molar refractivity (Wildman–Crippen MR) is 108 cm³/mol. The minimum absolute atomic E-state index is 0.0293. The Morgan fingerprint density at radius 1 is 1.15 bits per heavy atom. The van der Waals surface area contributed by atoms with Crippen molar-refractivity contribution in [3.8, 4) is 0 Å². The molecule has 0 aromatic heterocycles. The zero-order chi connectivity index (χ0) is 18.8. The molecule has 136 valence electrons. The van der Waals surface area contributed by atoms with Crippen molar-refractivity contribution in [1.82, 2.24) is 4.90 Å². The van der Waals surface area contributed by atoms with E-state index in [0.29, 0.717) is 15.7 Å². The van der Waals surface area contributed by atoms with Crippen molar-refractivity contribution in [3.05, 3.63) is 62.5 Å². The lowest BCUT2D eigenvalue weighted by atomic mass is 10.1. The third-order valence-electron chi connectivity index (χ3n) is 4.39. The van der Waals surface area contributed by atoms with E-state index in [-0.39, 0.29) is 30.2 Å². The number of amides is 2. The Hall–Kier alpha value is -1.56. The second-order valence-electron chi connectivity index (χ2n) is 6.34. The summed E-state index contributed by atoms with van der Waals surface area (Å²) in [6.07, 6.45) is 0.808. The number of carbonyl (C=O) groups is 2. The summed E-state index contributed by atoms with van der Waals surface area (Å²) in [7, 11) is 1.63. The molecule has 4 nitrogen and oxygen atoms in total. The van der Waals surface area contributed by atoms with Gasteiger partial charge < -0.3 is 10.2 Å². The molecule has 7 heteroatoms. The molecular weight excluding hydrogens is 439 g/mol. The SMILES string of the molecule is CN(CC(=O)Nc1c(Cl)cccc1Cl)C(=O)C1CC1c1ccc(Br)cc1. The molecule has 2 unspecified atom stereocenters. The molecule has 2 aromatic rings. The lowest BCUT2D eigenvalue weighted by Crippen LogP contribution is -2.36. The van der Waals surface area contributed by atoms with Gasteiger partial charge in [0.15, 0.2) is 0 Å². The number of hydrogen-bond donors (Lipinski definition) is 1. The van der Waals surface area contributed by atoms with Gasteiger partial charge in [0.2, 0.25) is 11.8 Å². The van der Waals surface area contributed by atoms with Crippen LogP contribution in [0.25, 0.3) is 0 Å². The third-order valence-corrected chi connectivity index (χ3v) is 5.55. The molecule has 26 heavy (non-hydrogen) atoms. The van der Waals surface area contributed by atoms with Crippen molar-refractivity contribution in [1.29, 1.82) is 0 Å². The number of nitrogens with zero attached hydrogens (tertiary/aromatic N) is 1. The van der Waals surface area contributed by atoms with Crippen LogP contribution < -0.4 is 5.32 Å². The summed E-state index contributed by atoms with van der Waals surface area (Å²) in [4.78, 5) is 26.2. The van der Waals surface area contributed by atoms with Gasteiger partial charge in [-0.1, -0.05) is 57.3 Å². The number of rotatable bonds is 5. The Bertz CT molecular complexity index is 822. The van der Waals surface area contributed by atoms with Gasteiger partial charge in [-0.15, -0.1) is 0 Å². The first-order chi connectivity index (χ1) is 12.4. The molecule has 1 saturated carbocycles. The van der Waals surface area contributed by atoms with Crippen LogP contribution in [0.2, 0.25) is 10.0 Å². The molecule has 1 fully saturated rings. The van der Waals surface area contributed by atoms with Gasteiger partial charge in [-0.3, -0.25) is 9.59 Å². The lowest BCUT2D eigenvalue weighted by molar-refractivity contribution is -0.134. The van der Waals surface area contributed by atoms with E-state index in [1.54, 1.807) is 25.2 Å². The molecule has 2 atom stereocenters. The van der Waals surface area contributed by atoms with Crippen molar-refractivity contribution < 1.29 is 9.59 Å². The normalized spacial score (nSPS) is 18.3. The highest BCUT2D eigenvalue weighted by Crippen LogP contribution is 2.48. The average Bonchev–Trinajstić information content (AvgIpc) is 3.39. The van der Waals surface area contributed by atoms with E-state index >= 15 is 0 Å². The van der Waals surface area contributed by atoms with Gasteiger partial charge in [-0.25, -0.2) is 0 Å². The van der Waals surface area contributed by atoms with Crippen LogP contribution in [0.1, 0.15) is 17.9 Å². The van der Waals surface area contributed by atoms with Crippen LogP contribution >= 0.6 is 39.1 Å². The molecule has 0 heterocycles. The highest BCUT2D eigenvalue weighted by molar-refractivity contribution is 9.10. The highest BCUT2D eigenvalue weighted by Gasteiger charge is 2.45. The number of nitrogens with one attached hydrogen (secondary N) is 1. The van der Waals surface area contributed by atoms with Gasteiger partial charge in [-0.2, -0.15) is 0 Å². The summed E-state index contributed by atoms with van der Waals surface area (Å²) >= 11 is 15.5. The second kappa shape index (κ2) is 7.99. The zero-order valence-electron chi connectivity index (χ0n) is 14.0. The molecule has 0 spiro atoms. The fourth-order valence-corrected chi connectivity index (χ4v) is 3.68. The van der Waals surface area contributed by atoms with Gasteiger partial charge in [0.05, 0.1) is 22.3 Å². The first kappa shape index (κ1) is 19.2. The van der Waals surface area contributed by atoms with Gasteiger partial charge in [0.25, 0.3) is 0 Å². The van der Waals surface area contributed by atoms with Crippen molar-refractivity contribution >= 4 is 56.6 Å². The molecule has 0 aliphatic heterocycles. The van der Waals surface area contributed by atoms with Crippen LogP contribution in [0.4, 0.5) is 5.69 Å². The number of carbonyl (C=O) groups excluding carboxylic acids is 2.